The van der Waals surface area contributed by atoms with Crippen LogP contribution in [0, 0.1) is 0 Å². The molecular formula is C14H14O3. The molecule has 1 heterocycles. The molecule has 1 aromatic carbocycles. The Bertz CT molecular complexity index is 469. The lowest BCUT2D eigenvalue weighted by Gasteiger charge is -2.02. The van der Waals surface area contributed by atoms with Gasteiger partial charge in [0.1, 0.15) is 12.0 Å². The summed E-state index contributed by atoms with van der Waals surface area (Å²) in [4.78, 5) is 11.7. The summed E-state index contributed by atoms with van der Waals surface area (Å²) in [7, 11) is 1.64. The number of ketones is 1. The summed E-state index contributed by atoms with van der Waals surface area (Å²) in [5, 5.41) is 0. The van der Waals surface area contributed by atoms with Gasteiger partial charge in [0.2, 0.25) is 0 Å². The number of Topliss-reactive ketones (excluding diaryl/α,β-unsaturated/α-hetero) is 1. The molecule has 0 aliphatic carbocycles. The molecule has 0 saturated carbocycles. The summed E-state index contributed by atoms with van der Waals surface area (Å²) in [6.07, 6.45) is 4.22. The minimum absolute atomic E-state index is 0.106. The predicted molar refractivity (Wildman–Crippen MR) is 64.4 cm³/mol. The van der Waals surface area contributed by atoms with Gasteiger partial charge in [0.05, 0.1) is 18.9 Å². The van der Waals surface area contributed by atoms with E-state index >= 15 is 0 Å². The van der Waals surface area contributed by atoms with Crippen molar-refractivity contribution in [1.29, 1.82) is 0 Å². The monoisotopic (exact) mass is 230 g/mol. The standard InChI is InChI=1S/C14H14O3/c1-16-13-5-2-11(3-6-13)4-7-14(15)12-8-9-17-10-12/h2-3,5-6,8-10H,4,7H2,1H3. The minimum Gasteiger partial charge on any atom is -0.497 e. The van der Waals surface area contributed by atoms with E-state index in [4.69, 9.17) is 9.15 Å². The molecule has 3 nitrogen and oxygen atoms in total. The first kappa shape index (κ1) is 11.5. The molecule has 0 fully saturated rings. The van der Waals surface area contributed by atoms with Crippen LogP contribution in [0.1, 0.15) is 22.3 Å². The van der Waals surface area contributed by atoms with E-state index in [1.54, 1.807) is 13.2 Å². The van der Waals surface area contributed by atoms with Crippen LogP contribution in [0.4, 0.5) is 0 Å². The highest BCUT2D eigenvalue weighted by Gasteiger charge is 2.07. The molecule has 0 spiro atoms. The predicted octanol–water partition coefficient (Wildman–Crippen LogP) is 3.10. The number of methoxy groups -OCH3 is 1. The number of hydrogen-bond donors (Lipinski definition) is 0. The van der Waals surface area contributed by atoms with Crippen LogP contribution in [-0.2, 0) is 6.42 Å². The molecule has 17 heavy (non-hydrogen) atoms. The average Bonchev–Trinajstić information content (AvgIpc) is 2.90. The average molecular weight is 230 g/mol. The zero-order chi connectivity index (χ0) is 12.1. The molecule has 3 heteroatoms. The van der Waals surface area contributed by atoms with Crippen LogP contribution in [0.5, 0.6) is 5.75 Å². The lowest BCUT2D eigenvalue weighted by Crippen LogP contribution is -1.99. The van der Waals surface area contributed by atoms with E-state index < -0.39 is 0 Å². The zero-order valence-corrected chi connectivity index (χ0v) is 9.68. The van der Waals surface area contributed by atoms with Gasteiger partial charge in [-0.2, -0.15) is 0 Å². The van der Waals surface area contributed by atoms with Crippen LogP contribution in [0.15, 0.2) is 47.3 Å². The molecule has 0 saturated heterocycles. The lowest BCUT2D eigenvalue weighted by molar-refractivity contribution is 0.0982. The topological polar surface area (TPSA) is 39.4 Å². The molecule has 2 rings (SSSR count). The van der Waals surface area contributed by atoms with E-state index in [9.17, 15) is 4.79 Å². The maximum Gasteiger partial charge on any atom is 0.166 e. The third kappa shape index (κ3) is 2.97. The summed E-state index contributed by atoms with van der Waals surface area (Å²) >= 11 is 0. The second-order valence-corrected chi connectivity index (χ2v) is 3.78. The maximum absolute atomic E-state index is 11.7. The van der Waals surface area contributed by atoms with Crippen molar-refractivity contribution in [3.8, 4) is 5.75 Å². The summed E-state index contributed by atoms with van der Waals surface area (Å²) in [5.41, 5.74) is 1.76. The normalized spacial score (nSPS) is 10.2. The maximum atomic E-state index is 11.7. The van der Waals surface area contributed by atoms with Crippen molar-refractivity contribution in [3.05, 3.63) is 54.0 Å². The number of furan rings is 1. The third-order valence-electron chi connectivity index (χ3n) is 2.64. The molecule has 0 amide bonds. The van der Waals surface area contributed by atoms with Gasteiger partial charge in [-0.3, -0.25) is 4.79 Å². The van der Waals surface area contributed by atoms with Gasteiger partial charge in [-0.1, -0.05) is 12.1 Å². The van der Waals surface area contributed by atoms with Crippen molar-refractivity contribution in [2.24, 2.45) is 0 Å². The summed E-state index contributed by atoms with van der Waals surface area (Å²) in [6.45, 7) is 0. The first-order chi connectivity index (χ1) is 8.29. The summed E-state index contributed by atoms with van der Waals surface area (Å²) < 4.78 is 9.95. The highest BCUT2D eigenvalue weighted by atomic mass is 16.5. The van der Waals surface area contributed by atoms with Crippen LogP contribution < -0.4 is 4.74 Å². The Hall–Kier alpha value is -2.03. The van der Waals surface area contributed by atoms with Crippen molar-refractivity contribution in [2.75, 3.05) is 7.11 Å². The lowest BCUT2D eigenvalue weighted by atomic mass is 10.0. The first-order valence-corrected chi connectivity index (χ1v) is 5.48. The number of carbonyl (C=O) groups is 1. The van der Waals surface area contributed by atoms with Crippen LogP contribution in [0.2, 0.25) is 0 Å². The number of carbonyl (C=O) groups excluding carboxylic acids is 1. The van der Waals surface area contributed by atoms with Gasteiger partial charge in [-0.25, -0.2) is 0 Å². The Kier molecular flexibility index (Phi) is 3.60. The van der Waals surface area contributed by atoms with Gasteiger partial charge in [-0.05, 0) is 30.2 Å². The van der Waals surface area contributed by atoms with Gasteiger partial charge in [0.25, 0.3) is 0 Å². The van der Waals surface area contributed by atoms with Crippen molar-refractivity contribution in [2.45, 2.75) is 12.8 Å². The summed E-state index contributed by atoms with van der Waals surface area (Å²) in [5.74, 6) is 0.935. The molecule has 0 bridgehead atoms. The Morgan fingerprint density at radius 1 is 1.24 bits per heavy atom. The van der Waals surface area contributed by atoms with Gasteiger partial charge in [0.15, 0.2) is 5.78 Å². The highest BCUT2D eigenvalue weighted by molar-refractivity contribution is 5.95. The van der Waals surface area contributed by atoms with E-state index in [2.05, 4.69) is 0 Å². The first-order valence-electron chi connectivity index (χ1n) is 5.48. The molecule has 0 atom stereocenters. The Morgan fingerprint density at radius 3 is 2.59 bits per heavy atom. The van der Waals surface area contributed by atoms with Crippen LogP contribution in [0.3, 0.4) is 0 Å². The Labute approximate surface area is 100 Å². The smallest absolute Gasteiger partial charge is 0.166 e. The number of rotatable bonds is 5. The number of aryl methyl sites for hydroxylation is 1. The van der Waals surface area contributed by atoms with E-state index in [1.807, 2.05) is 24.3 Å². The third-order valence-corrected chi connectivity index (χ3v) is 2.64. The molecule has 2 aromatic rings. The molecule has 0 radical (unpaired) electrons. The highest BCUT2D eigenvalue weighted by Crippen LogP contribution is 2.14. The van der Waals surface area contributed by atoms with Gasteiger partial charge < -0.3 is 9.15 Å². The van der Waals surface area contributed by atoms with E-state index in [0.29, 0.717) is 12.0 Å². The fourth-order valence-electron chi connectivity index (χ4n) is 1.62. The van der Waals surface area contributed by atoms with Crippen molar-refractivity contribution < 1.29 is 13.9 Å². The van der Waals surface area contributed by atoms with E-state index in [1.165, 1.54) is 12.5 Å². The number of ether oxygens (including phenoxy) is 1. The number of benzene rings is 1. The quantitative estimate of drug-likeness (QED) is 0.741. The van der Waals surface area contributed by atoms with Gasteiger partial charge in [-0.15, -0.1) is 0 Å². The molecule has 0 aliphatic rings. The van der Waals surface area contributed by atoms with Gasteiger partial charge in [0, 0.05) is 6.42 Å². The molecule has 0 aliphatic heterocycles. The van der Waals surface area contributed by atoms with E-state index in [-0.39, 0.29) is 5.78 Å². The Morgan fingerprint density at radius 2 is 2.00 bits per heavy atom. The fraction of sp³-hybridized carbons (Fsp3) is 0.214. The van der Waals surface area contributed by atoms with Crippen LogP contribution in [-0.4, -0.2) is 12.9 Å². The van der Waals surface area contributed by atoms with E-state index in [0.717, 1.165) is 17.7 Å². The molecular weight excluding hydrogens is 216 g/mol. The van der Waals surface area contributed by atoms with Crippen LogP contribution >= 0.6 is 0 Å². The SMILES string of the molecule is COc1ccc(CCC(=O)c2ccoc2)cc1. The number of hydrogen-bond acceptors (Lipinski definition) is 3. The zero-order valence-electron chi connectivity index (χ0n) is 9.68. The fourth-order valence-corrected chi connectivity index (χ4v) is 1.62. The molecule has 88 valence electrons. The van der Waals surface area contributed by atoms with Crippen molar-refractivity contribution in [1.82, 2.24) is 0 Å². The van der Waals surface area contributed by atoms with Crippen LogP contribution in [0.25, 0.3) is 0 Å². The minimum atomic E-state index is 0.106. The van der Waals surface area contributed by atoms with Crippen molar-refractivity contribution in [3.63, 3.8) is 0 Å². The molecule has 0 unspecified atom stereocenters. The second-order valence-electron chi connectivity index (χ2n) is 3.78. The second kappa shape index (κ2) is 5.34. The Balaban J connectivity index is 1.91. The summed E-state index contributed by atoms with van der Waals surface area (Å²) in [6, 6.07) is 9.44. The largest absolute Gasteiger partial charge is 0.497 e. The van der Waals surface area contributed by atoms with Crippen molar-refractivity contribution >= 4 is 5.78 Å². The molecule has 1 aromatic heterocycles. The van der Waals surface area contributed by atoms with Gasteiger partial charge >= 0.3 is 0 Å². The molecule has 0 N–H and O–H groups in total.